The van der Waals surface area contributed by atoms with Crippen LogP contribution in [0.3, 0.4) is 0 Å². The number of unbranched alkanes of at least 4 members (excludes halogenated alkanes) is 1. The third kappa shape index (κ3) is 3.70. The summed E-state index contributed by atoms with van der Waals surface area (Å²) < 4.78 is 13.6. The Morgan fingerprint density at radius 2 is 2.17 bits per heavy atom. The predicted molar refractivity (Wildman–Crippen MR) is 70.6 cm³/mol. The van der Waals surface area contributed by atoms with Crippen LogP contribution in [0.25, 0.3) is 0 Å². The molecule has 0 bridgehead atoms. The van der Waals surface area contributed by atoms with Gasteiger partial charge in [0.1, 0.15) is 5.82 Å². The Morgan fingerprint density at radius 1 is 1.44 bits per heavy atom. The minimum absolute atomic E-state index is 0.0798. The van der Waals surface area contributed by atoms with Crippen LogP contribution in [0.4, 0.5) is 10.1 Å². The molecule has 0 radical (unpaired) electrons. The summed E-state index contributed by atoms with van der Waals surface area (Å²) in [6.45, 7) is 2.90. The Bertz CT molecular complexity index is 409. The van der Waals surface area contributed by atoms with Gasteiger partial charge in [-0.2, -0.15) is 0 Å². The minimum atomic E-state index is -0.432. The highest BCUT2D eigenvalue weighted by Crippen LogP contribution is 2.23. The van der Waals surface area contributed by atoms with E-state index in [0.29, 0.717) is 17.8 Å². The van der Waals surface area contributed by atoms with Crippen molar-refractivity contribution in [3.8, 4) is 0 Å². The molecular weight excluding hydrogens is 233 g/mol. The smallest absolute Gasteiger partial charge is 0.236 e. The Kier molecular flexibility index (Phi) is 5.58. The Balaban J connectivity index is 3.03. The summed E-state index contributed by atoms with van der Waals surface area (Å²) in [5.41, 5.74) is 11.9. The third-order valence-electron chi connectivity index (χ3n) is 2.77. The Labute approximate surface area is 107 Å². The summed E-state index contributed by atoms with van der Waals surface area (Å²) in [7, 11) is 0. The summed E-state index contributed by atoms with van der Waals surface area (Å²) in [5, 5.41) is 0. The number of rotatable bonds is 7. The molecule has 0 atom stereocenters. The van der Waals surface area contributed by atoms with Crippen molar-refractivity contribution < 1.29 is 9.18 Å². The van der Waals surface area contributed by atoms with E-state index in [9.17, 15) is 9.18 Å². The number of halogens is 1. The van der Waals surface area contributed by atoms with Crippen LogP contribution in [0.1, 0.15) is 25.3 Å². The first-order valence-corrected chi connectivity index (χ1v) is 6.10. The van der Waals surface area contributed by atoms with Crippen LogP contribution in [-0.4, -0.2) is 19.0 Å². The standard InChI is InChI=1S/C13H20FN3O/c1-2-3-7-17(9-13(16)18)12-6-4-5-11(14)10(12)8-15/h4-6H,2-3,7-9,15H2,1H3,(H2,16,18). The molecule has 0 aliphatic carbocycles. The number of amides is 1. The van der Waals surface area contributed by atoms with Crippen molar-refractivity contribution in [2.24, 2.45) is 11.5 Å². The molecule has 5 heteroatoms. The quantitative estimate of drug-likeness (QED) is 0.771. The Hall–Kier alpha value is -1.62. The summed E-state index contributed by atoms with van der Waals surface area (Å²) >= 11 is 0. The van der Waals surface area contributed by atoms with E-state index in [4.69, 9.17) is 11.5 Å². The molecule has 100 valence electrons. The highest BCUT2D eigenvalue weighted by molar-refractivity contribution is 5.80. The number of nitrogens with two attached hydrogens (primary N) is 2. The number of hydrogen-bond donors (Lipinski definition) is 2. The van der Waals surface area contributed by atoms with Gasteiger partial charge in [-0.05, 0) is 18.6 Å². The molecule has 0 heterocycles. The molecule has 1 aromatic carbocycles. The molecule has 0 aliphatic rings. The molecule has 1 rings (SSSR count). The van der Waals surface area contributed by atoms with Crippen molar-refractivity contribution >= 4 is 11.6 Å². The first-order chi connectivity index (χ1) is 8.60. The Morgan fingerprint density at radius 3 is 2.72 bits per heavy atom. The van der Waals surface area contributed by atoms with E-state index in [-0.39, 0.29) is 18.9 Å². The van der Waals surface area contributed by atoms with Gasteiger partial charge in [0.05, 0.1) is 6.54 Å². The molecule has 0 saturated carbocycles. The van der Waals surface area contributed by atoms with Crippen LogP contribution in [0, 0.1) is 5.82 Å². The maximum absolute atomic E-state index is 13.6. The van der Waals surface area contributed by atoms with Crippen molar-refractivity contribution in [3.63, 3.8) is 0 Å². The van der Waals surface area contributed by atoms with Gasteiger partial charge in [-0.25, -0.2) is 4.39 Å². The van der Waals surface area contributed by atoms with E-state index in [0.717, 1.165) is 12.8 Å². The van der Waals surface area contributed by atoms with Crippen molar-refractivity contribution in [2.75, 3.05) is 18.0 Å². The second-order valence-electron chi connectivity index (χ2n) is 4.18. The SMILES string of the molecule is CCCCN(CC(N)=O)c1cccc(F)c1CN. The van der Waals surface area contributed by atoms with E-state index in [2.05, 4.69) is 6.92 Å². The van der Waals surface area contributed by atoms with Gasteiger partial charge < -0.3 is 16.4 Å². The lowest BCUT2D eigenvalue weighted by atomic mass is 10.1. The molecule has 1 amide bonds. The third-order valence-corrected chi connectivity index (χ3v) is 2.77. The van der Waals surface area contributed by atoms with Crippen molar-refractivity contribution in [3.05, 3.63) is 29.6 Å². The van der Waals surface area contributed by atoms with E-state index in [1.54, 1.807) is 17.0 Å². The zero-order chi connectivity index (χ0) is 13.5. The largest absolute Gasteiger partial charge is 0.368 e. The van der Waals surface area contributed by atoms with Crippen molar-refractivity contribution in [1.82, 2.24) is 0 Å². The van der Waals surface area contributed by atoms with Crippen LogP contribution in [0.15, 0.2) is 18.2 Å². The number of carbonyl (C=O) groups is 1. The highest BCUT2D eigenvalue weighted by Gasteiger charge is 2.15. The molecule has 0 unspecified atom stereocenters. The van der Waals surface area contributed by atoms with Gasteiger partial charge in [0.2, 0.25) is 5.91 Å². The second kappa shape index (κ2) is 6.96. The fraction of sp³-hybridized carbons (Fsp3) is 0.462. The van der Waals surface area contributed by atoms with E-state index < -0.39 is 5.91 Å². The average Bonchev–Trinajstić information content (AvgIpc) is 2.33. The molecule has 0 aliphatic heterocycles. The first kappa shape index (κ1) is 14.4. The van der Waals surface area contributed by atoms with E-state index in [1.165, 1.54) is 6.07 Å². The topological polar surface area (TPSA) is 72.3 Å². The molecule has 0 saturated heterocycles. The van der Waals surface area contributed by atoms with Crippen molar-refractivity contribution in [1.29, 1.82) is 0 Å². The highest BCUT2D eigenvalue weighted by atomic mass is 19.1. The zero-order valence-corrected chi connectivity index (χ0v) is 10.7. The number of benzene rings is 1. The van der Waals surface area contributed by atoms with Gasteiger partial charge >= 0.3 is 0 Å². The lowest BCUT2D eigenvalue weighted by molar-refractivity contribution is -0.116. The zero-order valence-electron chi connectivity index (χ0n) is 10.7. The molecule has 0 fully saturated rings. The van der Waals surface area contributed by atoms with Gasteiger partial charge in [-0.3, -0.25) is 4.79 Å². The number of hydrogen-bond acceptors (Lipinski definition) is 3. The summed E-state index contributed by atoms with van der Waals surface area (Å²) in [5.74, 6) is -0.778. The summed E-state index contributed by atoms with van der Waals surface area (Å²) in [6, 6.07) is 4.75. The van der Waals surface area contributed by atoms with Gasteiger partial charge in [0.25, 0.3) is 0 Å². The van der Waals surface area contributed by atoms with Crippen LogP contribution < -0.4 is 16.4 Å². The predicted octanol–water partition coefficient (Wildman–Crippen LogP) is 1.38. The maximum Gasteiger partial charge on any atom is 0.236 e. The fourth-order valence-electron chi connectivity index (χ4n) is 1.87. The molecule has 1 aromatic rings. The summed E-state index contributed by atoms with van der Waals surface area (Å²) in [6.07, 6.45) is 1.90. The number of primary amides is 1. The van der Waals surface area contributed by atoms with Crippen LogP contribution in [-0.2, 0) is 11.3 Å². The molecule has 18 heavy (non-hydrogen) atoms. The molecule has 4 nitrogen and oxygen atoms in total. The number of anilines is 1. The number of nitrogens with zero attached hydrogens (tertiary/aromatic N) is 1. The van der Waals surface area contributed by atoms with Crippen LogP contribution in [0.2, 0.25) is 0 Å². The second-order valence-corrected chi connectivity index (χ2v) is 4.18. The molecule has 0 aromatic heterocycles. The number of carbonyl (C=O) groups excluding carboxylic acids is 1. The van der Waals surface area contributed by atoms with Gasteiger partial charge in [0, 0.05) is 24.3 Å². The maximum atomic E-state index is 13.6. The lowest BCUT2D eigenvalue weighted by Crippen LogP contribution is -2.35. The monoisotopic (exact) mass is 253 g/mol. The fourth-order valence-corrected chi connectivity index (χ4v) is 1.87. The molecule has 0 spiro atoms. The van der Waals surface area contributed by atoms with Crippen LogP contribution in [0.5, 0.6) is 0 Å². The van der Waals surface area contributed by atoms with Gasteiger partial charge in [0.15, 0.2) is 0 Å². The van der Waals surface area contributed by atoms with Crippen molar-refractivity contribution in [2.45, 2.75) is 26.3 Å². The minimum Gasteiger partial charge on any atom is -0.368 e. The molecular formula is C13H20FN3O. The average molecular weight is 253 g/mol. The van der Waals surface area contributed by atoms with E-state index >= 15 is 0 Å². The van der Waals surface area contributed by atoms with Gasteiger partial charge in [-0.1, -0.05) is 19.4 Å². The van der Waals surface area contributed by atoms with E-state index in [1.807, 2.05) is 0 Å². The van der Waals surface area contributed by atoms with Crippen LogP contribution >= 0.6 is 0 Å². The summed E-state index contributed by atoms with van der Waals surface area (Å²) in [4.78, 5) is 12.9. The lowest BCUT2D eigenvalue weighted by Gasteiger charge is -2.25. The first-order valence-electron chi connectivity index (χ1n) is 6.10. The molecule has 4 N–H and O–H groups in total. The normalized spacial score (nSPS) is 10.4. The van der Waals surface area contributed by atoms with Gasteiger partial charge in [-0.15, -0.1) is 0 Å².